The summed E-state index contributed by atoms with van der Waals surface area (Å²) in [7, 11) is 2.13. The van der Waals surface area contributed by atoms with Gasteiger partial charge in [0.25, 0.3) is 5.69 Å². The molecule has 3 aromatic rings. The lowest BCUT2D eigenvalue weighted by Crippen LogP contribution is -2.44. The molecule has 0 radical (unpaired) electrons. The molecular weight excluding hydrogens is 388 g/mol. The summed E-state index contributed by atoms with van der Waals surface area (Å²) in [5.41, 5.74) is 4.09. The third kappa shape index (κ3) is 5.22. The van der Waals surface area contributed by atoms with Crippen LogP contribution in [-0.4, -0.2) is 43.0 Å². The summed E-state index contributed by atoms with van der Waals surface area (Å²) in [5.74, 6) is 0. The van der Waals surface area contributed by atoms with Crippen molar-refractivity contribution in [3.8, 4) is 0 Å². The number of rotatable bonds is 7. The molecule has 0 bridgehead atoms. The number of nitro benzene ring substituents is 1. The van der Waals surface area contributed by atoms with E-state index in [0.29, 0.717) is 18.8 Å². The van der Waals surface area contributed by atoms with Gasteiger partial charge in [-0.1, -0.05) is 60.7 Å². The van der Waals surface area contributed by atoms with E-state index in [-0.39, 0.29) is 10.6 Å². The molecule has 1 aliphatic rings. The van der Waals surface area contributed by atoms with E-state index >= 15 is 0 Å². The van der Waals surface area contributed by atoms with Crippen molar-refractivity contribution in [3.05, 3.63) is 100 Å². The number of likely N-dealkylation sites (N-methyl/N-ethyl adjacent to an activating group) is 1. The van der Waals surface area contributed by atoms with Gasteiger partial charge in [-0.25, -0.2) is 0 Å². The SMILES string of the molecule is CN1CCN(c2ccc([N+](=O)[O-])c(N(Cc3ccccc3)Cc3ccccc3)c2)CC1. The van der Waals surface area contributed by atoms with Crippen LogP contribution < -0.4 is 9.80 Å². The Bertz CT molecular complexity index is 961. The summed E-state index contributed by atoms with van der Waals surface area (Å²) in [6, 6.07) is 25.8. The van der Waals surface area contributed by atoms with Gasteiger partial charge in [0.1, 0.15) is 5.69 Å². The van der Waals surface area contributed by atoms with Crippen LogP contribution in [0.5, 0.6) is 0 Å². The Labute approximate surface area is 183 Å². The van der Waals surface area contributed by atoms with Gasteiger partial charge in [-0.05, 0) is 30.3 Å². The zero-order valence-corrected chi connectivity index (χ0v) is 17.9. The van der Waals surface area contributed by atoms with E-state index in [1.807, 2.05) is 48.5 Å². The molecular formula is C25H28N4O2. The molecule has 4 rings (SSSR count). The summed E-state index contributed by atoms with van der Waals surface area (Å²) in [4.78, 5) is 18.4. The maximum Gasteiger partial charge on any atom is 0.292 e. The second kappa shape index (κ2) is 9.62. The first-order valence-corrected chi connectivity index (χ1v) is 10.6. The van der Waals surface area contributed by atoms with Gasteiger partial charge in [0.15, 0.2) is 0 Å². The summed E-state index contributed by atoms with van der Waals surface area (Å²) in [5, 5.41) is 11.9. The summed E-state index contributed by atoms with van der Waals surface area (Å²) < 4.78 is 0. The topological polar surface area (TPSA) is 52.9 Å². The smallest absolute Gasteiger partial charge is 0.292 e. The zero-order chi connectivity index (χ0) is 21.6. The van der Waals surface area contributed by atoms with Gasteiger partial charge in [-0.15, -0.1) is 0 Å². The molecule has 0 saturated carbocycles. The molecule has 1 fully saturated rings. The molecule has 6 nitrogen and oxygen atoms in total. The zero-order valence-electron chi connectivity index (χ0n) is 17.9. The molecule has 6 heteroatoms. The van der Waals surface area contributed by atoms with Gasteiger partial charge in [0, 0.05) is 51.0 Å². The van der Waals surface area contributed by atoms with Crippen molar-refractivity contribution in [3.63, 3.8) is 0 Å². The number of nitro groups is 1. The average Bonchev–Trinajstić information content (AvgIpc) is 2.80. The van der Waals surface area contributed by atoms with Crippen LogP contribution >= 0.6 is 0 Å². The molecule has 0 atom stereocenters. The van der Waals surface area contributed by atoms with Gasteiger partial charge in [0.2, 0.25) is 0 Å². The molecule has 1 heterocycles. The highest BCUT2D eigenvalue weighted by Crippen LogP contribution is 2.35. The molecule has 0 aromatic heterocycles. The predicted octanol–water partition coefficient (Wildman–Crippen LogP) is 4.55. The lowest BCUT2D eigenvalue weighted by Gasteiger charge is -2.34. The first kappa shape index (κ1) is 20.9. The van der Waals surface area contributed by atoms with Crippen LogP contribution in [0, 0.1) is 10.1 Å². The van der Waals surface area contributed by atoms with E-state index in [1.54, 1.807) is 6.07 Å². The Morgan fingerprint density at radius 2 is 1.39 bits per heavy atom. The fraction of sp³-hybridized carbons (Fsp3) is 0.280. The van der Waals surface area contributed by atoms with Crippen LogP contribution in [0.1, 0.15) is 11.1 Å². The van der Waals surface area contributed by atoms with Crippen molar-refractivity contribution < 1.29 is 4.92 Å². The van der Waals surface area contributed by atoms with E-state index in [2.05, 4.69) is 46.0 Å². The molecule has 0 amide bonds. The Hall–Kier alpha value is -3.38. The van der Waals surface area contributed by atoms with Crippen LogP contribution in [0.15, 0.2) is 78.9 Å². The van der Waals surface area contributed by atoms with Gasteiger partial charge in [-0.3, -0.25) is 10.1 Å². The van der Waals surface area contributed by atoms with Crippen molar-refractivity contribution in [1.29, 1.82) is 0 Å². The standard InChI is InChI=1S/C25H28N4O2/c1-26-14-16-27(17-15-26)23-12-13-24(29(30)31)25(18-23)28(19-21-8-4-2-5-9-21)20-22-10-6-3-7-11-22/h2-13,18H,14-17,19-20H2,1H3. The molecule has 31 heavy (non-hydrogen) atoms. The summed E-state index contributed by atoms with van der Waals surface area (Å²) in [6.45, 7) is 5.02. The summed E-state index contributed by atoms with van der Waals surface area (Å²) >= 11 is 0. The highest BCUT2D eigenvalue weighted by molar-refractivity contribution is 5.70. The van der Waals surface area contributed by atoms with Crippen LogP contribution in [0.4, 0.5) is 17.1 Å². The minimum Gasteiger partial charge on any atom is -0.369 e. The highest BCUT2D eigenvalue weighted by atomic mass is 16.6. The maximum atomic E-state index is 11.9. The molecule has 3 aromatic carbocycles. The van der Waals surface area contributed by atoms with E-state index in [9.17, 15) is 10.1 Å². The van der Waals surface area contributed by atoms with Crippen LogP contribution in [0.25, 0.3) is 0 Å². The summed E-state index contributed by atoms with van der Waals surface area (Å²) in [6.07, 6.45) is 0. The molecule has 0 aliphatic carbocycles. The number of hydrogen-bond donors (Lipinski definition) is 0. The largest absolute Gasteiger partial charge is 0.369 e. The lowest BCUT2D eigenvalue weighted by atomic mass is 10.1. The van der Waals surface area contributed by atoms with Crippen molar-refractivity contribution in [1.82, 2.24) is 4.90 Å². The van der Waals surface area contributed by atoms with Crippen LogP contribution in [0.2, 0.25) is 0 Å². The van der Waals surface area contributed by atoms with E-state index in [1.165, 1.54) is 0 Å². The Morgan fingerprint density at radius 1 is 0.839 bits per heavy atom. The van der Waals surface area contributed by atoms with Crippen LogP contribution in [0.3, 0.4) is 0 Å². The number of hydrogen-bond acceptors (Lipinski definition) is 5. The second-order valence-electron chi connectivity index (χ2n) is 8.05. The molecule has 0 N–H and O–H groups in total. The number of benzene rings is 3. The van der Waals surface area contributed by atoms with Gasteiger partial charge in [0.05, 0.1) is 4.92 Å². The van der Waals surface area contributed by atoms with E-state index in [0.717, 1.165) is 43.0 Å². The van der Waals surface area contributed by atoms with Crippen LogP contribution in [-0.2, 0) is 13.1 Å². The first-order valence-electron chi connectivity index (χ1n) is 10.6. The quantitative estimate of drug-likeness (QED) is 0.418. The predicted molar refractivity (Wildman–Crippen MR) is 126 cm³/mol. The fourth-order valence-electron chi connectivity index (χ4n) is 4.01. The van der Waals surface area contributed by atoms with Gasteiger partial charge >= 0.3 is 0 Å². The van der Waals surface area contributed by atoms with E-state index < -0.39 is 0 Å². The van der Waals surface area contributed by atoms with E-state index in [4.69, 9.17) is 0 Å². The molecule has 0 spiro atoms. The molecule has 160 valence electrons. The molecule has 1 saturated heterocycles. The van der Waals surface area contributed by atoms with Crippen molar-refractivity contribution in [2.45, 2.75) is 13.1 Å². The highest BCUT2D eigenvalue weighted by Gasteiger charge is 2.23. The third-order valence-electron chi connectivity index (χ3n) is 5.80. The normalized spacial score (nSPS) is 14.4. The Morgan fingerprint density at radius 3 is 1.90 bits per heavy atom. The molecule has 0 unspecified atom stereocenters. The lowest BCUT2D eigenvalue weighted by molar-refractivity contribution is -0.384. The number of anilines is 2. The third-order valence-corrected chi connectivity index (χ3v) is 5.80. The minimum atomic E-state index is -0.272. The van der Waals surface area contributed by atoms with Gasteiger partial charge < -0.3 is 14.7 Å². The van der Waals surface area contributed by atoms with Crippen molar-refractivity contribution >= 4 is 17.1 Å². The molecule has 1 aliphatic heterocycles. The maximum absolute atomic E-state index is 11.9. The first-order chi connectivity index (χ1) is 15.1. The number of nitrogens with zero attached hydrogens (tertiary/aromatic N) is 4. The fourth-order valence-corrected chi connectivity index (χ4v) is 4.01. The van der Waals surface area contributed by atoms with Gasteiger partial charge in [-0.2, -0.15) is 0 Å². The minimum absolute atomic E-state index is 0.143. The Balaban J connectivity index is 1.72. The van der Waals surface area contributed by atoms with Crippen molar-refractivity contribution in [2.24, 2.45) is 0 Å². The Kier molecular flexibility index (Phi) is 6.48. The number of piperazine rings is 1. The second-order valence-corrected chi connectivity index (χ2v) is 8.05. The van der Waals surface area contributed by atoms with Crippen molar-refractivity contribution in [2.75, 3.05) is 43.0 Å². The average molecular weight is 417 g/mol. The monoisotopic (exact) mass is 416 g/mol.